The van der Waals surface area contributed by atoms with E-state index >= 15 is 0 Å². The highest BCUT2D eigenvalue weighted by Crippen LogP contribution is 2.29. The van der Waals surface area contributed by atoms with Crippen LogP contribution in [0.5, 0.6) is 0 Å². The molecule has 0 radical (unpaired) electrons. The Kier molecular flexibility index (Phi) is 10.7. The first-order valence-electron chi connectivity index (χ1n) is 15.0. The van der Waals surface area contributed by atoms with Crippen molar-refractivity contribution in [1.29, 1.82) is 0 Å². The van der Waals surface area contributed by atoms with Gasteiger partial charge in [-0.25, -0.2) is 0 Å². The second kappa shape index (κ2) is 15.2. The Hall–Kier alpha value is -4.89. The van der Waals surface area contributed by atoms with E-state index in [1.807, 2.05) is 66.7 Å². The molecule has 1 saturated heterocycles. The number of nitrogens with one attached hydrogen (secondary N) is 1. The molecule has 45 heavy (non-hydrogen) atoms. The molecule has 2 aliphatic rings. The van der Waals surface area contributed by atoms with Crippen LogP contribution in [-0.4, -0.2) is 46.6 Å². The molecule has 2 aliphatic heterocycles. The molecule has 1 aromatic heterocycles. The zero-order chi connectivity index (χ0) is 31.6. The summed E-state index contributed by atoms with van der Waals surface area (Å²) in [7, 11) is 0. The highest BCUT2D eigenvalue weighted by molar-refractivity contribution is 8.14. The van der Waals surface area contributed by atoms with E-state index in [1.54, 1.807) is 37.3 Å². The normalized spacial score (nSPS) is 16.9. The minimum Gasteiger partial charge on any atom is -0.441 e. The summed E-state index contributed by atoms with van der Waals surface area (Å²) in [6.45, 7) is 7.32. The number of carbonyl (C=O) groups is 3. The maximum absolute atomic E-state index is 13.9. The number of thioether (sulfide) groups is 1. The van der Waals surface area contributed by atoms with Gasteiger partial charge in [0.05, 0.1) is 11.8 Å². The van der Waals surface area contributed by atoms with Crippen LogP contribution in [0.25, 0.3) is 6.08 Å². The topological polar surface area (TPSA) is 95.2 Å². The first-order chi connectivity index (χ1) is 22.0. The number of nitrogens with zero attached hydrogens (tertiary/aromatic N) is 3. The van der Waals surface area contributed by atoms with Gasteiger partial charge in [-0.2, -0.15) is 4.99 Å². The maximum atomic E-state index is 13.9. The zero-order valence-corrected chi connectivity index (χ0v) is 26.0. The Morgan fingerprint density at radius 3 is 2.29 bits per heavy atom. The number of aliphatic imine (C=N–C) groups is 1. The van der Waals surface area contributed by atoms with Crippen molar-refractivity contribution in [3.63, 3.8) is 0 Å². The lowest BCUT2D eigenvalue weighted by molar-refractivity contribution is -0.126. The second-order valence-corrected chi connectivity index (χ2v) is 11.5. The summed E-state index contributed by atoms with van der Waals surface area (Å²) in [5.74, 6) is -0.468. The number of hydrogen-bond donors (Lipinski definition) is 1. The third kappa shape index (κ3) is 7.80. The average Bonchev–Trinajstić information content (AvgIpc) is 3.55. The highest BCUT2D eigenvalue weighted by atomic mass is 32.2. The standard InChI is InChI=1S/C36H36N4O4S/c1-3-5-19-28(4-2)40-35(43)30(24-29-20-21-32(44-29)39-22-13-8-14-23-39)34(42)38-36(40)45-25-31(41)37-33(26-15-9-6-10-16-26)27-17-11-7-12-18-27/h3-7,9-12,15-21,24,33H,1,8,13-14,22-23,25H2,2H3,(H,37,41)/b19-5-,28-4+,30-24+. The molecule has 0 spiro atoms. The van der Waals surface area contributed by atoms with Crippen LogP contribution in [0.2, 0.25) is 0 Å². The van der Waals surface area contributed by atoms with Gasteiger partial charge in [-0.15, -0.1) is 0 Å². The van der Waals surface area contributed by atoms with E-state index in [9.17, 15) is 14.4 Å². The number of furan rings is 1. The van der Waals surface area contributed by atoms with Gasteiger partial charge in [0.15, 0.2) is 11.1 Å². The van der Waals surface area contributed by atoms with Crippen LogP contribution in [0.4, 0.5) is 5.88 Å². The van der Waals surface area contributed by atoms with Gasteiger partial charge in [-0.1, -0.05) is 97.2 Å². The Labute approximate surface area is 267 Å². The molecule has 1 fully saturated rings. The molecule has 0 unspecified atom stereocenters. The number of anilines is 1. The summed E-state index contributed by atoms with van der Waals surface area (Å²) in [6, 6.07) is 22.6. The average molecular weight is 621 g/mol. The van der Waals surface area contributed by atoms with Crippen LogP contribution in [0, 0.1) is 0 Å². The minimum atomic E-state index is -0.690. The summed E-state index contributed by atoms with van der Waals surface area (Å²) >= 11 is 1.03. The molecule has 0 saturated carbocycles. The van der Waals surface area contributed by atoms with E-state index in [-0.39, 0.29) is 28.4 Å². The molecule has 0 aliphatic carbocycles. The SMILES string of the molecule is C=C/C=C\C(=C/C)N1C(=O)/C(=C/c2ccc(N3CCCCC3)o2)C(=O)N=C1SCC(=O)NC(c1ccccc1)c1ccccc1. The van der Waals surface area contributed by atoms with Crippen LogP contribution in [0.3, 0.4) is 0 Å². The monoisotopic (exact) mass is 620 g/mol. The summed E-state index contributed by atoms with van der Waals surface area (Å²) in [6.07, 6.45) is 11.6. The summed E-state index contributed by atoms with van der Waals surface area (Å²) in [4.78, 5) is 48.3. The predicted molar refractivity (Wildman–Crippen MR) is 180 cm³/mol. The minimum absolute atomic E-state index is 0.0648. The summed E-state index contributed by atoms with van der Waals surface area (Å²) < 4.78 is 6.00. The van der Waals surface area contributed by atoms with Gasteiger partial charge < -0.3 is 14.6 Å². The van der Waals surface area contributed by atoms with Gasteiger partial charge in [0.25, 0.3) is 11.8 Å². The van der Waals surface area contributed by atoms with Gasteiger partial charge in [-0.05, 0) is 55.5 Å². The predicted octanol–water partition coefficient (Wildman–Crippen LogP) is 6.66. The molecular weight excluding hydrogens is 584 g/mol. The first-order valence-corrected chi connectivity index (χ1v) is 16.0. The number of amides is 3. The Balaban J connectivity index is 1.38. The lowest BCUT2D eigenvalue weighted by Gasteiger charge is -2.28. The van der Waals surface area contributed by atoms with Gasteiger partial charge >= 0.3 is 0 Å². The van der Waals surface area contributed by atoms with E-state index in [4.69, 9.17) is 4.42 Å². The van der Waals surface area contributed by atoms with Crippen molar-refractivity contribution < 1.29 is 18.8 Å². The van der Waals surface area contributed by atoms with Crippen molar-refractivity contribution in [3.05, 3.63) is 132 Å². The van der Waals surface area contributed by atoms with Crippen molar-refractivity contribution in [3.8, 4) is 0 Å². The molecule has 2 aromatic carbocycles. The third-order valence-corrected chi connectivity index (χ3v) is 8.42. The number of amidine groups is 1. The van der Waals surface area contributed by atoms with E-state index in [1.165, 1.54) is 17.4 Å². The number of allylic oxidation sites excluding steroid dienone is 4. The number of hydrogen-bond acceptors (Lipinski definition) is 6. The Morgan fingerprint density at radius 2 is 1.67 bits per heavy atom. The number of benzene rings is 2. The molecule has 3 aromatic rings. The van der Waals surface area contributed by atoms with Crippen molar-refractivity contribution >= 4 is 46.6 Å². The fraction of sp³-hybridized carbons (Fsp3) is 0.222. The Morgan fingerprint density at radius 1 is 1.00 bits per heavy atom. The summed E-state index contributed by atoms with van der Waals surface area (Å²) in [5, 5.41) is 3.22. The van der Waals surface area contributed by atoms with Crippen molar-refractivity contribution in [1.82, 2.24) is 10.2 Å². The van der Waals surface area contributed by atoms with E-state index in [0.717, 1.165) is 48.8 Å². The third-order valence-electron chi connectivity index (χ3n) is 7.48. The molecule has 230 valence electrons. The number of piperidine rings is 1. The molecular formula is C36H36N4O4S. The molecule has 1 N–H and O–H groups in total. The number of carbonyl (C=O) groups excluding carboxylic acids is 3. The Bertz CT molecular complexity index is 1610. The van der Waals surface area contributed by atoms with Crippen LogP contribution >= 0.6 is 11.8 Å². The fourth-order valence-corrected chi connectivity index (χ4v) is 6.05. The van der Waals surface area contributed by atoms with Crippen molar-refractivity contribution in [2.24, 2.45) is 4.99 Å². The lowest BCUT2D eigenvalue weighted by Crippen LogP contribution is -2.42. The second-order valence-electron chi connectivity index (χ2n) is 10.5. The van der Waals surface area contributed by atoms with Crippen LogP contribution in [0.15, 0.2) is 124 Å². The molecule has 9 heteroatoms. The van der Waals surface area contributed by atoms with E-state index in [0.29, 0.717) is 17.3 Å². The fourth-order valence-electron chi connectivity index (χ4n) is 5.24. The molecule has 0 atom stereocenters. The van der Waals surface area contributed by atoms with Gasteiger partial charge in [0.1, 0.15) is 11.3 Å². The molecule has 5 rings (SSSR count). The van der Waals surface area contributed by atoms with Gasteiger partial charge in [0.2, 0.25) is 5.91 Å². The molecule has 0 bridgehead atoms. The quantitative estimate of drug-likeness (QED) is 0.155. The van der Waals surface area contributed by atoms with E-state index < -0.39 is 11.8 Å². The summed E-state index contributed by atoms with van der Waals surface area (Å²) in [5.41, 5.74) is 2.24. The van der Waals surface area contributed by atoms with Crippen molar-refractivity contribution in [2.45, 2.75) is 32.2 Å². The van der Waals surface area contributed by atoms with Crippen molar-refractivity contribution in [2.75, 3.05) is 23.7 Å². The van der Waals surface area contributed by atoms with Gasteiger partial charge in [0, 0.05) is 24.9 Å². The van der Waals surface area contributed by atoms with Crippen LogP contribution < -0.4 is 10.2 Å². The lowest BCUT2D eigenvalue weighted by atomic mass is 9.99. The molecule has 3 heterocycles. The molecule has 8 nitrogen and oxygen atoms in total. The molecule has 3 amide bonds. The van der Waals surface area contributed by atoms with E-state index in [2.05, 4.69) is 21.8 Å². The van der Waals surface area contributed by atoms with Crippen LogP contribution in [-0.2, 0) is 14.4 Å². The smallest absolute Gasteiger partial charge is 0.285 e. The highest BCUT2D eigenvalue weighted by Gasteiger charge is 2.35. The largest absolute Gasteiger partial charge is 0.441 e. The maximum Gasteiger partial charge on any atom is 0.285 e. The number of rotatable bonds is 10. The zero-order valence-electron chi connectivity index (χ0n) is 25.2. The van der Waals surface area contributed by atoms with Gasteiger partial charge in [-0.3, -0.25) is 19.3 Å². The first kappa shape index (κ1) is 31.5. The van der Waals surface area contributed by atoms with Crippen LogP contribution in [0.1, 0.15) is 49.1 Å².